The molecule has 9 heteroatoms. The van der Waals surface area contributed by atoms with E-state index in [9.17, 15) is 13.2 Å². The number of sulfonamides is 1. The third-order valence-electron chi connectivity index (χ3n) is 2.54. The van der Waals surface area contributed by atoms with Crippen molar-refractivity contribution >= 4 is 44.7 Å². The molecule has 0 aliphatic rings. The number of nitrogens with two attached hydrogens (primary N) is 2. The normalized spacial score (nSPS) is 12.1. The Hall–Kier alpha value is -1.22. The summed E-state index contributed by atoms with van der Waals surface area (Å²) < 4.78 is 27.0. The fourth-order valence-corrected chi connectivity index (χ4v) is 3.78. The van der Waals surface area contributed by atoms with E-state index in [1.165, 1.54) is 18.2 Å². The number of hydrogen-bond donors (Lipinski definition) is 3. The maximum absolute atomic E-state index is 12.3. The topological polar surface area (TPSA) is 115 Å². The Kier molecular flexibility index (Phi) is 5.32. The third kappa shape index (κ3) is 4.92. The van der Waals surface area contributed by atoms with Crippen molar-refractivity contribution in [3.8, 4) is 0 Å². The van der Waals surface area contributed by atoms with Crippen LogP contribution in [-0.2, 0) is 14.8 Å². The van der Waals surface area contributed by atoms with Gasteiger partial charge in [-0.15, -0.1) is 0 Å². The highest BCUT2D eigenvalue weighted by Gasteiger charge is 2.28. The summed E-state index contributed by atoms with van der Waals surface area (Å²) in [6.07, 6.45) is -0.134. The van der Waals surface area contributed by atoms with Gasteiger partial charge in [-0.1, -0.05) is 23.8 Å². The van der Waals surface area contributed by atoms with Crippen molar-refractivity contribution in [3.05, 3.63) is 28.8 Å². The molecule has 0 spiro atoms. The van der Waals surface area contributed by atoms with E-state index in [4.69, 9.17) is 35.3 Å². The molecule has 0 aliphatic heterocycles. The summed E-state index contributed by atoms with van der Waals surface area (Å²) in [5.41, 5.74) is 9.93. The van der Waals surface area contributed by atoms with E-state index >= 15 is 0 Å². The van der Waals surface area contributed by atoms with Crippen molar-refractivity contribution in [2.24, 2.45) is 11.5 Å². The highest BCUT2D eigenvalue weighted by Crippen LogP contribution is 2.22. The molecular weight excluding hydrogens is 334 g/mol. The second kappa shape index (κ2) is 6.27. The van der Waals surface area contributed by atoms with Gasteiger partial charge in [0.05, 0.1) is 9.92 Å². The lowest BCUT2D eigenvalue weighted by Crippen LogP contribution is -2.45. The molecule has 0 saturated heterocycles. The van der Waals surface area contributed by atoms with Gasteiger partial charge < -0.3 is 11.5 Å². The van der Waals surface area contributed by atoms with Crippen LogP contribution < -0.4 is 16.2 Å². The number of amides is 1. The zero-order valence-corrected chi connectivity index (χ0v) is 13.9. The van der Waals surface area contributed by atoms with Crippen LogP contribution >= 0.6 is 23.8 Å². The van der Waals surface area contributed by atoms with E-state index in [0.717, 1.165) is 0 Å². The van der Waals surface area contributed by atoms with Crippen molar-refractivity contribution in [1.82, 2.24) is 4.72 Å². The van der Waals surface area contributed by atoms with Crippen LogP contribution in [-0.4, -0.2) is 24.9 Å². The summed E-state index contributed by atoms with van der Waals surface area (Å²) in [4.78, 5) is 11.0. The first kappa shape index (κ1) is 17.8. The summed E-state index contributed by atoms with van der Waals surface area (Å²) in [5, 5.41) is 0.137. The minimum Gasteiger partial charge on any atom is -0.389 e. The summed E-state index contributed by atoms with van der Waals surface area (Å²) in [6, 6.07) is 4.02. The van der Waals surface area contributed by atoms with Gasteiger partial charge >= 0.3 is 0 Å². The lowest BCUT2D eigenvalue weighted by Gasteiger charge is -2.24. The van der Waals surface area contributed by atoms with Crippen molar-refractivity contribution in [2.45, 2.75) is 30.7 Å². The number of rotatable bonds is 6. The molecular formula is C12H16ClN3O3S2. The van der Waals surface area contributed by atoms with Gasteiger partial charge in [0.2, 0.25) is 15.9 Å². The molecule has 0 radical (unpaired) electrons. The van der Waals surface area contributed by atoms with Gasteiger partial charge in [0.15, 0.2) is 0 Å². The van der Waals surface area contributed by atoms with Gasteiger partial charge in [-0.2, -0.15) is 0 Å². The van der Waals surface area contributed by atoms with Crippen LogP contribution in [0.2, 0.25) is 5.02 Å². The summed E-state index contributed by atoms with van der Waals surface area (Å²) in [5.74, 6) is -0.607. The Morgan fingerprint density at radius 2 is 1.95 bits per heavy atom. The van der Waals surface area contributed by atoms with Crippen molar-refractivity contribution in [2.75, 3.05) is 0 Å². The van der Waals surface area contributed by atoms with Crippen molar-refractivity contribution in [3.63, 3.8) is 0 Å². The molecule has 0 aromatic heterocycles. The van der Waals surface area contributed by atoms with Crippen LogP contribution in [0, 0.1) is 0 Å². The molecule has 1 aromatic carbocycles. The minimum atomic E-state index is -3.85. The average molecular weight is 350 g/mol. The van der Waals surface area contributed by atoms with Crippen LogP contribution in [0.5, 0.6) is 0 Å². The van der Waals surface area contributed by atoms with E-state index in [-0.39, 0.29) is 21.3 Å². The molecule has 1 amide bonds. The van der Waals surface area contributed by atoms with E-state index < -0.39 is 21.5 Å². The Bertz CT molecular complexity index is 687. The quantitative estimate of drug-likeness (QED) is 0.660. The third-order valence-corrected chi connectivity index (χ3v) is 4.77. The first-order chi connectivity index (χ1) is 9.44. The Morgan fingerprint density at radius 3 is 2.38 bits per heavy atom. The highest BCUT2D eigenvalue weighted by molar-refractivity contribution is 7.89. The molecule has 0 saturated carbocycles. The summed E-state index contributed by atoms with van der Waals surface area (Å²) >= 11 is 10.8. The number of carbonyl (C=O) groups is 1. The predicted molar refractivity (Wildman–Crippen MR) is 85.6 cm³/mol. The molecule has 0 heterocycles. The molecule has 0 fully saturated rings. The second-order valence-electron chi connectivity index (χ2n) is 5.14. The predicted octanol–water partition coefficient (Wildman–Crippen LogP) is 0.907. The lowest BCUT2D eigenvalue weighted by molar-refractivity contribution is -0.119. The molecule has 116 valence electrons. The zero-order chi connectivity index (χ0) is 16.4. The number of nitrogens with one attached hydrogen (secondary N) is 1. The van der Waals surface area contributed by atoms with E-state index in [2.05, 4.69) is 4.72 Å². The molecule has 5 N–H and O–H groups in total. The van der Waals surface area contributed by atoms with Crippen LogP contribution in [0.25, 0.3) is 0 Å². The van der Waals surface area contributed by atoms with E-state index in [1.54, 1.807) is 13.8 Å². The Labute approximate surface area is 133 Å². The lowest BCUT2D eigenvalue weighted by atomic mass is 10.0. The molecule has 1 aromatic rings. The van der Waals surface area contributed by atoms with Gasteiger partial charge in [0.1, 0.15) is 4.99 Å². The van der Waals surface area contributed by atoms with Crippen LogP contribution in [0.1, 0.15) is 25.8 Å². The summed E-state index contributed by atoms with van der Waals surface area (Å²) in [6.45, 7) is 3.11. The first-order valence-electron chi connectivity index (χ1n) is 5.86. The van der Waals surface area contributed by atoms with E-state index in [1.807, 2.05) is 0 Å². The van der Waals surface area contributed by atoms with Crippen LogP contribution in [0.3, 0.4) is 0 Å². The Balaban J connectivity index is 3.12. The van der Waals surface area contributed by atoms with Crippen LogP contribution in [0.4, 0.5) is 0 Å². The molecule has 6 nitrogen and oxygen atoms in total. The molecule has 0 aliphatic carbocycles. The number of benzene rings is 1. The standard InChI is InChI=1S/C12H16ClN3O3S2/c1-12(2,6-10(14)17)16-21(18,19)7-3-4-8(11(15)20)9(13)5-7/h3-5,16H,6H2,1-2H3,(H2,14,17)(H2,15,20). The number of hydrogen-bond acceptors (Lipinski definition) is 4. The van der Waals surface area contributed by atoms with Gasteiger partial charge in [0, 0.05) is 17.5 Å². The number of halogens is 1. The maximum Gasteiger partial charge on any atom is 0.241 e. The fourth-order valence-electron chi connectivity index (χ4n) is 1.76. The number of carbonyl (C=O) groups excluding carboxylic acids is 1. The molecule has 0 bridgehead atoms. The average Bonchev–Trinajstić information content (AvgIpc) is 2.24. The Morgan fingerprint density at radius 1 is 1.38 bits per heavy atom. The minimum absolute atomic E-state index is 0.0509. The molecule has 21 heavy (non-hydrogen) atoms. The number of primary amides is 1. The van der Waals surface area contributed by atoms with Crippen molar-refractivity contribution < 1.29 is 13.2 Å². The number of thiocarbonyl (C=S) groups is 1. The second-order valence-corrected chi connectivity index (χ2v) is 7.67. The molecule has 1 rings (SSSR count). The largest absolute Gasteiger partial charge is 0.389 e. The van der Waals surface area contributed by atoms with Gasteiger partial charge in [0.25, 0.3) is 0 Å². The molecule has 0 atom stereocenters. The van der Waals surface area contributed by atoms with E-state index in [0.29, 0.717) is 5.56 Å². The zero-order valence-electron chi connectivity index (χ0n) is 11.5. The monoisotopic (exact) mass is 349 g/mol. The van der Waals surface area contributed by atoms with Gasteiger partial charge in [-0.25, -0.2) is 13.1 Å². The van der Waals surface area contributed by atoms with Gasteiger partial charge in [-0.3, -0.25) is 4.79 Å². The van der Waals surface area contributed by atoms with Crippen molar-refractivity contribution in [1.29, 1.82) is 0 Å². The summed E-state index contributed by atoms with van der Waals surface area (Å²) in [7, 11) is -3.85. The fraction of sp³-hybridized carbons (Fsp3) is 0.333. The molecule has 0 unspecified atom stereocenters. The van der Waals surface area contributed by atoms with Crippen LogP contribution in [0.15, 0.2) is 23.1 Å². The smallest absolute Gasteiger partial charge is 0.241 e. The SMILES string of the molecule is CC(C)(CC(N)=O)NS(=O)(=O)c1ccc(C(N)=S)c(Cl)c1. The first-order valence-corrected chi connectivity index (χ1v) is 8.13. The maximum atomic E-state index is 12.3. The highest BCUT2D eigenvalue weighted by atomic mass is 35.5. The van der Waals surface area contributed by atoms with Gasteiger partial charge in [-0.05, 0) is 32.0 Å².